The topological polar surface area (TPSA) is 46.2 Å². The summed E-state index contributed by atoms with van der Waals surface area (Å²) >= 11 is 0. The smallest absolute Gasteiger partial charge is 0.392 e. The molecule has 0 heterocycles. The van der Waals surface area contributed by atoms with Gasteiger partial charge in [-0.3, -0.25) is 0 Å². The third kappa shape index (κ3) is 4.51. The molecule has 0 amide bonds. The van der Waals surface area contributed by atoms with Crippen molar-refractivity contribution in [2.45, 2.75) is 32.5 Å². The van der Waals surface area contributed by atoms with Crippen LogP contribution in [0.3, 0.4) is 0 Å². The lowest BCUT2D eigenvalue weighted by Gasteiger charge is -2.25. The molecule has 0 bridgehead atoms. The average Bonchev–Trinajstić information content (AvgIpc) is 2.28. The molecule has 0 aliphatic heterocycles. The Morgan fingerprint density at radius 1 is 1.26 bits per heavy atom. The van der Waals surface area contributed by atoms with E-state index in [2.05, 4.69) is 0 Å². The van der Waals surface area contributed by atoms with Crippen molar-refractivity contribution in [3.05, 3.63) is 35.4 Å². The molecule has 0 aliphatic rings. The maximum atomic E-state index is 12.6. The molecule has 5 heteroatoms. The first-order valence-electron chi connectivity index (χ1n) is 6.30. The highest BCUT2D eigenvalue weighted by Crippen LogP contribution is 2.30. The molecule has 0 aromatic heterocycles. The van der Waals surface area contributed by atoms with Gasteiger partial charge in [-0.1, -0.05) is 32.0 Å². The van der Waals surface area contributed by atoms with E-state index < -0.39 is 17.8 Å². The molecule has 2 unspecified atom stereocenters. The van der Waals surface area contributed by atoms with Gasteiger partial charge in [0.2, 0.25) is 0 Å². The number of halogens is 3. The van der Waals surface area contributed by atoms with E-state index >= 15 is 0 Å². The number of aliphatic hydroxyl groups excluding tert-OH is 1. The molecule has 2 nitrogen and oxygen atoms in total. The highest BCUT2D eigenvalue weighted by atomic mass is 19.4. The molecule has 1 aromatic rings. The zero-order chi connectivity index (χ0) is 14.6. The molecule has 0 fully saturated rings. The maximum absolute atomic E-state index is 12.6. The molecule has 0 saturated heterocycles. The number of benzene rings is 1. The van der Waals surface area contributed by atoms with E-state index in [1.807, 2.05) is 13.8 Å². The number of alkyl halides is 3. The Kier molecular flexibility index (Phi) is 5.38. The number of aliphatic hydroxyl groups is 1. The first-order chi connectivity index (χ1) is 8.75. The van der Waals surface area contributed by atoms with Crippen LogP contribution in [0.15, 0.2) is 24.3 Å². The lowest BCUT2D eigenvalue weighted by atomic mass is 9.87. The number of hydrogen-bond acceptors (Lipinski definition) is 2. The summed E-state index contributed by atoms with van der Waals surface area (Å²) in [6.07, 6.45) is -4.90. The Morgan fingerprint density at radius 2 is 1.89 bits per heavy atom. The molecular formula is C14H20F3NO. The highest BCUT2D eigenvalue weighted by Gasteiger charge is 2.30. The zero-order valence-electron chi connectivity index (χ0n) is 11.1. The van der Waals surface area contributed by atoms with Crippen molar-refractivity contribution in [1.29, 1.82) is 0 Å². The molecule has 2 atom stereocenters. The van der Waals surface area contributed by atoms with Gasteiger partial charge in [0.1, 0.15) is 0 Å². The predicted octanol–water partition coefficient (Wildman–Crippen LogP) is 2.84. The number of rotatable bonds is 5. The van der Waals surface area contributed by atoms with Crippen LogP contribution in [0.5, 0.6) is 0 Å². The van der Waals surface area contributed by atoms with Crippen LogP contribution in [0.2, 0.25) is 0 Å². The highest BCUT2D eigenvalue weighted by molar-refractivity contribution is 5.26. The van der Waals surface area contributed by atoms with Gasteiger partial charge in [-0.2, -0.15) is 13.2 Å². The van der Waals surface area contributed by atoms with Crippen LogP contribution >= 0.6 is 0 Å². The van der Waals surface area contributed by atoms with Crippen LogP contribution in [0.25, 0.3) is 0 Å². The number of hydrogen-bond donors (Lipinski definition) is 2. The minimum absolute atomic E-state index is 0.116. The molecule has 0 radical (unpaired) electrons. The van der Waals surface area contributed by atoms with Crippen LogP contribution in [-0.2, 0) is 12.6 Å². The minimum atomic E-state index is -4.35. The quantitative estimate of drug-likeness (QED) is 0.868. The zero-order valence-corrected chi connectivity index (χ0v) is 11.1. The fourth-order valence-corrected chi connectivity index (χ4v) is 2.14. The number of nitrogens with two attached hydrogens (primary N) is 1. The van der Waals surface area contributed by atoms with Gasteiger partial charge in [0.25, 0.3) is 0 Å². The van der Waals surface area contributed by atoms with Crippen molar-refractivity contribution in [3.63, 3.8) is 0 Å². The summed E-state index contributed by atoms with van der Waals surface area (Å²) in [4.78, 5) is 0. The lowest BCUT2D eigenvalue weighted by molar-refractivity contribution is -0.137. The van der Waals surface area contributed by atoms with Crippen molar-refractivity contribution in [3.8, 4) is 0 Å². The van der Waals surface area contributed by atoms with Crippen LogP contribution in [0.4, 0.5) is 13.2 Å². The van der Waals surface area contributed by atoms with Crippen molar-refractivity contribution in [2.75, 3.05) is 6.54 Å². The van der Waals surface area contributed by atoms with Gasteiger partial charge in [-0.25, -0.2) is 0 Å². The van der Waals surface area contributed by atoms with Crippen molar-refractivity contribution in [2.24, 2.45) is 17.6 Å². The van der Waals surface area contributed by atoms with Gasteiger partial charge < -0.3 is 10.8 Å². The largest absolute Gasteiger partial charge is 0.416 e. The van der Waals surface area contributed by atoms with Crippen LogP contribution in [0, 0.1) is 11.8 Å². The second kappa shape index (κ2) is 6.39. The van der Waals surface area contributed by atoms with Gasteiger partial charge in [0.05, 0.1) is 11.7 Å². The molecule has 0 spiro atoms. The minimum Gasteiger partial charge on any atom is -0.392 e. The van der Waals surface area contributed by atoms with Crippen LogP contribution < -0.4 is 5.73 Å². The summed E-state index contributed by atoms with van der Waals surface area (Å²) in [5, 5.41) is 10.1. The Balaban J connectivity index is 2.82. The normalized spacial score (nSPS) is 15.6. The molecule has 1 aromatic carbocycles. The summed E-state index contributed by atoms with van der Waals surface area (Å²) in [7, 11) is 0. The molecule has 0 saturated carbocycles. The summed E-state index contributed by atoms with van der Waals surface area (Å²) in [6, 6.07) is 5.06. The molecular weight excluding hydrogens is 255 g/mol. The molecule has 3 N–H and O–H groups in total. The van der Waals surface area contributed by atoms with Crippen LogP contribution in [0.1, 0.15) is 25.0 Å². The predicted molar refractivity (Wildman–Crippen MR) is 68.5 cm³/mol. The molecule has 1 rings (SSSR count). The third-order valence-electron chi connectivity index (χ3n) is 3.32. The fraction of sp³-hybridized carbons (Fsp3) is 0.571. The SMILES string of the molecule is CC(C)C(CN)C(O)Cc1cccc(C(F)(F)F)c1. The van der Waals surface area contributed by atoms with E-state index in [0.29, 0.717) is 12.1 Å². The molecule has 108 valence electrons. The van der Waals surface area contributed by atoms with E-state index in [9.17, 15) is 18.3 Å². The monoisotopic (exact) mass is 275 g/mol. The van der Waals surface area contributed by atoms with E-state index in [1.54, 1.807) is 6.07 Å². The molecule has 19 heavy (non-hydrogen) atoms. The average molecular weight is 275 g/mol. The Morgan fingerprint density at radius 3 is 2.37 bits per heavy atom. The first kappa shape index (κ1) is 16.0. The summed E-state index contributed by atoms with van der Waals surface area (Å²) in [5.74, 6) is 0.0698. The van der Waals surface area contributed by atoms with E-state index in [1.165, 1.54) is 6.07 Å². The van der Waals surface area contributed by atoms with E-state index in [-0.39, 0.29) is 18.3 Å². The second-order valence-corrected chi connectivity index (χ2v) is 5.11. The lowest BCUT2D eigenvalue weighted by Crippen LogP contribution is -2.33. The van der Waals surface area contributed by atoms with Gasteiger partial charge >= 0.3 is 6.18 Å². The Hall–Kier alpha value is -1.07. The molecule has 0 aliphatic carbocycles. The Labute approximate surface area is 111 Å². The Bertz CT molecular complexity index is 404. The van der Waals surface area contributed by atoms with E-state index in [4.69, 9.17) is 5.73 Å². The summed E-state index contributed by atoms with van der Waals surface area (Å²) < 4.78 is 37.7. The summed E-state index contributed by atoms with van der Waals surface area (Å²) in [5.41, 5.74) is 5.37. The first-order valence-corrected chi connectivity index (χ1v) is 6.30. The van der Waals surface area contributed by atoms with E-state index in [0.717, 1.165) is 12.1 Å². The van der Waals surface area contributed by atoms with Gasteiger partial charge in [0, 0.05) is 0 Å². The van der Waals surface area contributed by atoms with Crippen molar-refractivity contribution in [1.82, 2.24) is 0 Å². The third-order valence-corrected chi connectivity index (χ3v) is 3.32. The second-order valence-electron chi connectivity index (χ2n) is 5.11. The maximum Gasteiger partial charge on any atom is 0.416 e. The van der Waals surface area contributed by atoms with Crippen molar-refractivity contribution < 1.29 is 18.3 Å². The fourth-order valence-electron chi connectivity index (χ4n) is 2.14. The van der Waals surface area contributed by atoms with Crippen molar-refractivity contribution >= 4 is 0 Å². The van der Waals surface area contributed by atoms with Gasteiger partial charge in [-0.05, 0) is 36.4 Å². The van der Waals surface area contributed by atoms with Crippen LogP contribution in [-0.4, -0.2) is 17.8 Å². The standard InChI is InChI=1S/C14H20F3NO/c1-9(2)12(8-18)13(19)7-10-4-3-5-11(6-10)14(15,16)17/h3-6,9,12-13,19H,7-8,18H2,1-2H3. The summed E-state index contributed by atoms with van der Waals surface area (Å²) in [6.45, 7) is 4.19. The van der Waals surface area contributed by atoms with Gasteiger partial charge in [0.15, 0.2) is 0 Å². The van der Waals surface area contributed by atoms with Gasteiger partial charge in [-0.15, -0.1) is 0 Å².